The Bertz CT molecular complexity index is 1240. The van der Waals surface area contributed by atoms with Crippen LogP contribution in [0.3, 0.4) is 0 Å². The number of nitrogens with one attached hydrogen (secondary N) is 1. The third-order valence-corrected chi connectivity index (χ3v) is 7.11. The van der Waals surface area contributed by atoms with Crippen LogP contribution in [0.5, 0.6) is 0 Å². The highest BCUT2D eigenvalue weighted by atomic mass is 32.2. The number of nitrogens with zero attached hydrogens (tertiary/aromatic N) is 2. The Morgan fingerprint density at radius 1 is 1.19 bits per heavy atom. The van der Waals surface area contributed by atoms with Gasteiger partial charge in [0, 0.05) is 22.9 Å². The van der Waals surface area contributed by atoms with Crippen LogP contribution >= 0.6 is 23.5 Å². The highest BCUT2D eigenvalue weighted by molar-refractivity contribution is 8.00. The molecule has 3 aromatic rings. The molecule has 0 fully saturated rings. The minimum atomic E-state index is -0.525. The summed E-state index contributed by atoms with van der Waals surface area (Å²) in [6.07, 6.45) is 0.732. The molecule has 1 unspecified atom stereocenters. The number of aryl methyl sites for hydroxylation is 1. The number of rotatable bonds is 6. The molecule has 1 aliphatic heterocycles. The molecular formula is C23H22N4O3S2. The number of amides is 2. The van der Waals surface area contributed by atoms with E-state index in [-0.39, 0.29) is 17.2 Å². The standard InChI is InChI=1S/C23H22N4O3S2/c1-13-3-9-17(10-4-13)27-22(30)20-18(11-14(2)32-20)26-23(27)31-12-19(28)25-16-7-5-15(6-8-16)21(24)29/h3-10,14H,11-12H2,1-2H3,(H2,24,29)(H,25,28). The van der Waals surface area contributed by atoms with Crippen molar-refractivity contribution in [3.8, 4) is 5.69 Å². The molecule has 4 rings (SSSR count). The number of aromatic nitrogens is 2. The molecule has 0 saturated carbocycles. The first kappa shape index (κ1) is 22.2. The van der Waals surface area contributed by atoms with Gasteiger partial charge in [-0.2, -0.15) is 0 Å². The largest absolute Gasteiger partial charge is 0.366 e. The molecule has 2 heterocycles. The Kier molecular flexibility index (Phi) is 6.38. The zero-order valence-corrected chi connectivity index (χ0v) is 19.3. The Balaban J connectivity index is 1.57. The second kappa shape index (κ2) is 9.22. The molecule has 2 amide bonds. The average Bonchev–Trinajstić information content (AvgIpc) is 3.14. The van der Waals surface area contributed by atoms with E-state index in [9.17, 15) is 14.4 Å². The monoisotopic (exact) mass is 466 g/mol. The molecule has 9 heteroatoms. The normalized spacial score (nSPS) is 14.8. The lowest BCUT2D eigenvalue weighted by Gasteiger charge is -2.14. The fraction of sp³-hybridized carbons (Fsp3) is 0.217. The van der Waals surface area contributed by atoms with Crippen LogP contribution in [0.1, 0.15) is 28.5 Å². The predicted molar refractivity (Wildman–Crippen MR) is 128 cm³/mol. The number of nitrogens with two attached hydrogens (primary N) is 1. The van der Waals surface area contributed by atoms with Crippen molar-refractivity contribution in [3.63, 3.8) is 0 Å². The molecule has 2 aromatic carbocycles. The molecule has 0 radical (unpaired) electrons. The van der Waals surface area contributed by atoms with Crippen LogP contribution < -0.4 is 16.6 Å². The fourth-order valence-corrected chi connectivity index (χ4v) is 5.29. The van der Waals surface area contributed by atoms with E-state index < -0.39 is 5.91 Å². The molecular weight excluding hydrogens is 444 g/mol. The smallest absolute Gasteiger partial charge is 0.272 e. The first-order valence-electron chi connectivity index (χ1n) is 10.0. The van der Waals surface area contributed by atoms with Gasteiger partial charge in [0.25, 0.3) is 5.56 Å². The van der Waals surface area contributed by atoms with Gasteiger partial charge in [-0.25, -0.2) is 4.98 Å². The van der Waals surface area contributed by atoms with Gasteiger partial charge in [-0.05, 0) is 43.3 Å². The summed E-state index contributed by atoms with van der Waals surface area (Å²) in [7, 11) is 0. The predicted octanol–water partition coefficient (Wildman–Crippen LogP) is 3.41. The van der Waals surface area contributed by atoms with Crippen LogP contribution in [0.25, 0.3) is 5.69 Å². The van der Waals surface area contributed by atoms with E-state index in [1.807, 2.05) is 31.2 Å². The van der Waals surface area contributed by atoms with Gasteiger partial charge in [0.15, 0.2) is 5.16 Å². The lowest BCUT2D eigenvalue weighted by molar-refractivity contribution is -0.113. The first-order valence-corrected chi connectivity index (χ1v) is 11.9. The summed E-state index contributed by atoms with van der Waals surface area (Å²) < 4.78 is 1.59. The third kappa shape index (κ3) is 4.73. The second-order valence-corrected chi connectivity index (χ2v) is 9.95. The molecule has 164 valence electrons. The van der Waals surface area contributed by atoms with Crippen molar-refractivity contribution in [3.05, 3.63) is 75.7 Å². The molecule has 3 N–H and O–H groups in total. The van der Waals surface area contributed by atoms with Gasteiger partial charge in [-0.1, -0.05) is 36.4 Å². The van der Waals surface area contributed by atoms with Crippen molar-refractivity contribution in [1.82, 2.24) is 9.55 Å². The van der Waals surface area contributed by atoms with Gasteiger partial charge in [0.1, 0.15) is 0 Å². The summed E-state index contributed by atoms with van der Waals surface area (Å²) in [4.78, 5) is 42.4. The maximum Gasteiger partial charge on any atom is 0.272 e. The van der Waals surface area contributed by atoms with Crippen LogP contribution in [0.2, 0.25) is 0 Å². The minimum Gasteiger partial charge on any atom is -0.366 e. The summed E-state index contributed by atoms with van der Waals surface area (Å²) in [6.45, 7) is 4.06. The van der Waals surface area contributed by atoms with Crippen molar-refractivity contribution in [2.45, 2.75) is 35.6 Å². The van der Waals surface area contributed by atoms with Gasteiger partial charge >= 0.3 is 0 Å². The lowest BCUT2D eigenvalue weighted by atomic mass is 10.2. The SMILES string of the molecule is Cc1ccc(-n2c(SCC(=O)Nc3ccc(C(N)=O)cc3)nc3c(c2=O)SC(C)C3)cc1. The van der Waals surface area contributed by atoms with Crippen LogP contribution in [-0.2, 0) is 11.2 Å². The maximum absolute atomic E-state index is 13.3. The number of hydrogen-bond donors (Lipinski definition) is 2. The zero-order valence-electron chi connectivity index (χ0n) is 17.6. The minimum absolute atomic E-state index is 0.0807. The Morgan fingerprint density at radius 2 is 1.88 bits per heavy atom. The van der Waals surface area contributed by atoms with Gasteiger partial charge in [0.05, 0.1) is 22.0 Å². The van der Waals surface area contributed by atoms with Crippen LogP contribution in [0.15, 0.2) is 63.4 Å². The molecule has 0 aliphatic carbocycles. The molecule has 32 heavy (non-hydrogen) atoms. The van der Waals surface area contributed by atoms with E-state index in [1.54, 1.807) is 40.6 Å². The summed E-state index contributed by atoms with van der Waals surface area (Å²) in [5, 5.41) is 3.57. The van der Waals surface area contributed by atoms with E-state index in [2.05, 4.69) is 12.2 Å². The first-order chi connectivity index (χ1) is 15.3. The van der Waals surface area contributed by atoms with Crippen molar-refractivity contribution < 1.29 is 9.59 Å². The number of fused-ring (bicyclic) bond motifs is 1. The van der Waals surface area contributed by atoms with E-state index in [0.717, 1.165) is 23.4 Å². The van der Waals surface area contributed by atoms with Gasteiger partial charge in [-0.3, -0.25) is 19.0 Å². The molecule has 1 aliphatic rings. The van der Waals surface area contributed by atoms with E-state index in [1.165, 1.54) is 11.8 Å². The van der Waals surface area contributed by atoms with Crippen LogP contribution in [0.4, 0.5) is 5.69 Å². The van der Waals surface area contributed by atoms with Crippen LogP contribution in [0, 0.1) is 6.92 Å². The number of carbonyl (C=O) groups is 2. The lowest BCUT2D eigenvalue weighted by Crippen LogP contribution is -2.24. The van der Waals surface area contributed by atoms with Crippen molar-refractivity contribution in [2.75, 3.05) is 11.1 Å². The highest BCUT2D eigenvalue weighted by Crippen LogP contribution is 2.34. The summed E-state index contributed by atoms with van der Waals surface area (Å²) >= 11 is 2.77. The Hall–Kier alpha value is -3.04. The third-order valence-electron chi connectivity index (χ3n) is 4.96. The fourth-order valence-electron chi connectivity index (χ4n) is 3.36. The van der Waals surface area contributed by atoms with Gasteiger partial charge in [0.2, 0.25) is 11.8 Å². The van der Waals surface area contributed by atoms with Gasteiger partial charge in [-0.15, -0.1) is 11.8 Å². The maximum atomic E-state index is 13.3. The van der Waals surface area contributed by atoms with Crippen molar-refractivity contribution in [2.24, 2.45) is 5.73 Å². The molecule has 7 nitrogen and oxygen atoms in total. The summed E-state index contributed by atoms with van der Waals surface area (Å²) in [6, 6.07) is 14.0. The average molecular weight is 467 g/mol. The number of primary amides is 1. The Labute approximate surface area is 193 Å². The molecule has 0 spiro atoms. The molecule has 1 aromatic heterocycles. The van der Waals surface area contributed by atoms with Crippen molar-refractivity contribution in [1.29, 1.82) is 0 Å². The van der Waals surface area contributed by atoms with Crippen LogP contribution in [-0.4, -0.2) is 32.4 Å². The van der Waals surface area contributed by atoms with Gasteiger partial charge < -0.3 is 11.1 Å². The number of hydrogen-bond acceptors (Lipinski definition) is 6. The number of carbonyl (C=O) groups excluding carboxylic acids is 2. The van der Waals surface area contributed by atoms with E-state index in [4.69, 9.17) is 10.7 Å². The Morgan fingerprint density at radius 3 is 2.53 bits per heavy atom. The molecule has 1 atom stereocenters. The molecule has 0 saturated heterocycles. The molecule has 0 bridgehead atoms. The quantitative estimate of drug-likeness (QED) is 0.426. The number of benzene rings is 2. The summed E-state index contributed by atoms with van der Waals surface area (Å²) in [5.74, 6) is -0.686. The van der Waals surface area contributed by atoms with E-state index >= 15 is 0 Å². The van der Waals surface area contributed by atoms with E-state index in [0.29, 0.717) is 26.6 Å². The highest BCUT2D eigenvalue weighted by Gasteiger charge is 2.27. The second-order valence-electron chi connectivity index (χ2n) is 7.56. The number of anilines is 1. The van der Waals surface area contributed by atoms with Crippen molar-refractivity contribution >= 4 is 41.0 Å². The summed E-state index contributed by atoms with van der Waals surface area (Å²) in [5.41, 5.74) is 8.68. The number of thioether (sulfide) groups is 2. The topological polar surface area (TPSA) is 107 Å². The zero-order chi connectivity index (χ0) is 22.8.